The first-order chi connectivity index (χ1) is 10.3. The van der Waals surface area contributed by atoms with Gasteiger partial charge in [0.2, 0.25) is 0 Å². The number of benzene rings is 2. The van der Waals surface area contributed by atoms with Crippen molar-refractivity contribution in [2.75, 3.05) is 6.54 Å². The Hall–Kier alpha value is -0.910. The minimum atomic E-state index is 0.250. The molecular weight excluding hydrogens is 373 g/mol. The predicted octanol–water partition coefficient (Wildman–Crippen LogP) is 4.30. The van der Waals surface area contributed by atoms with E-state index in [0.29, 0.717) is 12.6 Å². The lowest BCUT2D eigenvalue weighted by Gasteiger charge is -2.33. The van der Waals surface area contributed by atoms with Crippen molar-refractivity contribution in [2.24, 2.45) is 0 Å². The second kappa shape index (κ2) is 7.38. The summed E-state index contributed by atoms with van der Waals surface area (Å²) in [6, 6.07) is 19.5. The summed E-state index contributed by atoms with van der Waals surface area (Å²) in [5.41, 5.74) is 2.57. The highest BCUT2D eigenvalue weighted by atomic mass is 127. The molecule has 2 aromatic carbocycles. The Kier molecular flexibility index (Phi) is 5.27. The zero-order chi connectivity index (χ0) is 14.5. The molecule has 1 aliphatic heterocycles. The summed E-state index contributed by atoms with van der Waals surface area (Å²) in [5, 5.41) is 3.60. The number of piperidine rings is 1. The topological polar surface area (TPSA) is 21.3 Å². The highest BCUT2D eigenvalue weighted by molar-refractivity contribution is 14.1. The Labute approximate surface area is 140 Å². The third-order valence-electron chi connectivity index (χ3n) is 3.94. The van der Waals surface area contributed by atoms with E-state index in [0.717, 1.165) is 13.0 Å². The van der Waals surface area contributed by atoms with Crippen molar-refractivity contribution in [3.8, 4) is 0 Å². The van der Waals surface area contributed by atoms with E-state index < -0.39 is 0 Å². The molecule has 3 rings (SSSR count). The Balaban J connectivity index is 1.66. The molecule has 0 bridgehead atoms. The number of nitrogens with one attached hydrogen (secondary N) is 1. The molecule has 21 heavy (non-hydrogen) atoms. The lowest BCUT2D eigenvalue weighted by Crippen LogP contribution is -2.39. The summed E-state index contributed by atoms with van der Waals surface area (Å²) in [6.07, 6.45) is 2.55. The molecule has 0 aliphatic carbocycles. The third kappa shape index (κ3) is 4.05. The van der Waals surface area contributed by atoms with Crippen molar-refractivity contribution in [3.05, 3.63) is 69.3 Å². The van der Waals surface area contributed by atoms with Crippen LogP contribution in [0.5, 0.6) is 0 Å². The summed E-state index contributed by atoms with van der Waals surface area (Å²) >= 11 is 2.33. The lowest BCUT2D eigenvalue weighted by molar-refractivity contribution is -0.00357. The largest absolute Gasteiger partial charge is 0.372 e. The zero-order valence-electron chi connectivity index (χ0n) is 12.0. The normalized spacial score (nSPS) is 22.1. The zero-order valence-corrected chi connectivity index (χ0v) is 14.1. The van der Waals surface area contributed by atoms with Crippen LogP contribution in [0.4, 0.5) is 0 Å². The van der Waals surface area contributed by atoms with Crippen LogP contribution in [0.3, 0.4) is 0 Å². The van der Waals surface area contributed by atoms with Gasteiger partial charge in [0.25, 0.3) is 0 Å². The second-order valence-electron chi connectivity index (χ2n) is 5.46. The van der Waals surface area contributed by atoms with Gasteiger partial charge < -0.3 is 10.1 Å². The summed E-state index contributed by atoms with van der Waals surface area (Å²) in [4.78, 5) is 0. The van der Waals surface area contributed by atoms with Crippen molar-refractivity contribution >= 4 is 22.6 Å². The molecule has 2 nitrogen and oxygen atoms in total. The SMILES string of the molecule is Ic1ccc(CO[C@H]2CCCN[C@H]2c2ccccc2)cc1. The van der Waals surface area contributed by atoms with E-state index in [1.54, 1.807) is 0 Å². The molecule has 1 fully saturated rings. The fraction of sp³-hybridized carbons (Fsp3) is 0.333. The predicted molar refractivity (Wildman–Crippen MR) is 94.2 cm³/mol. The molecule has 1 heterocycles. The molecule has 1 saturated heterocycles. The summed E-state index contributed by atoms with van der Waals surface area (Å²) < 4.78 is 7.47. The lowest BCUT2D eigenvalue weighted by atomic mass is 9.94. The van der Waals surface area contributed by atoms with Crippen LogP contribution in [0.15, 0.2) is 54.6 Å². The first-order valence-electron chi connectivity index (χ1n) is 7.47. The van der Waals surface area contributed by atoms with Crippen molar-refractivity contribution in [2.45, 2.75) is 31.6 Å². The number of hydrogen-bond donors (Lipinski definition) is 1. The molecule has 1 aliphatic rings. The van der Waals surface area contributed by atoms with Crippen LogP contribution in [-0.2, 0) is 11.3 Å². The Morgan fingerprint density at radius 1 is 1.05 bits per heavy atom. The Bertz CT molecular complexity index is 555. The van der Waals surface area contributed by atoms with Crippen LogP contribution < -0.4 is 5.32 Å². The van der Waals surface area contributed by atoms with Crippen molar-refractivity contribution in [1.29, 1.82) is 0 Å². The van der Waals surface area contributed by atoms with Gasteiger partial charge in [0.1, 0.15) is 0 Å². The van der Waals surface area contributed by atoms with Crippen molar-refractivity contribution in [3.63, 3.8) is 0 Å². The molecule has 110 valence electrons. The van der Waals surface area contributed by atoms with E-state index in [2.05, 4.69) is 82.5 Å². The highest BCUT2D eigenvalue weighted by Gasteiger charge is 2.26. The van der Waals surface area contributed by atoms with Gasteiger partial charge in [0.05, 0.1) is 18.8 Å². The number of halogens is 1. The molecule has 0 spiro atoms. The summed E-state index contributed by atoms with van der Waals surface area (Å²) in [7, 11) is 0. The molecule has 0 saturated carbocycles. The average molecular weight is 393 g/mol. The minimum absolute atomic E-state index is 0.250. The smallest absolute Gasteiger partial charge is 0.0774 e. The van der Waals surface area contributed by atoms with E-state index >= 15 is 0 Å². The fourth-order valence-electron chi connectivity index (χ4n) is 2.82. The van der Waals surface area contributed by atoms with Gasteiger partial charge in [-0.3, -0.25) is 0 Å². The van der Waals surface area contributed by atoms with Crippen LogP contribution in [-0.4, -0.2) is 12.6 Å². The number of hydrogen-bond acceptors (Lipinski definition) is 2. The molecule has 3 heteroatoms. The molecule has 0 radical (unpaired) electrons. The van der Waals surface area contributed by atoms with Gasteiger partial charge >= 0.3 is 0 Å². The van der Waals surface area contributed by atoms with Crippen molar-refractivity contribution in [1.82, 2.24) is 5.32 Å². The van der Waals surface area contributed by atoms with Crippen LogP contribution in [0.25, 0.3) is 0 Å². The summed E-state index contributed by atoms with van der Waals surface area (Å²) in [5.74, 6) is 0. The minimum Gasteiger partial charge on any atom is -0.372 e. The second-order valence-corrected chi connectivity index (χ2v) is 6.71. The van der Waals surface area contributed by atoms with Gasteiger partial charge in [0, 0.05) is 3.57 Å². The van der Waals surface area contributed by atoms with Crippen LogP contribution >= 0.6 is 22.6 Å². The van der Waals surface area contributed by atoms with Gasteiger partial charge in [-0.05, 0) is 65.2 Å². The average Bonchev–Trinajstić information content (AvgIpc) is 2.55. The maximum absolute atomic E-state index is 6.21. The van der Waals surface area contributed by atoms with Gasteiger partial charge in [-0.15, -0.1) is 0 Å². The van der Waals surface area contributed by atoms with Gasteiger partial charge in [-0.1, -0.05) is 42.5 Å². The quantitative estimate of drug-likeness (QED) is 0.783. The van der Waals surface area contributed by atoms with Crippen LogP contribution in [0.2, 0.25) is 0 Å². The van der Waals surface area contributed by atoms with Gasteiger partial charge in [0.15, 0.2) is 0 Å². The van der Waals surface area contributed by atoms with E-state index in [-0.39, 0.29) is 6.10 Å². The van der Waals surface area contributed by atoms with Crippen LogP contribution in [0, 0.1) is 3.57 Å². The maximum atomic E-state index is 6.21. The third-order valence-corrected chi connectivity index (χ3v) is 4.66. The van der Waals surface area contributed by atoms with E-state index in [1.807, 2.05) is 0 Å². The molecule has 2 atom stereocenters. The van der Waals surface area contributed by atoms with Crippen LogP contribution in [0.1, 0.15) is 30.0 Å². The van der Waals surface area contributed by atoms with E-state index in [4.69, 9.17) is 4.74 Å². The molecule has 0 aromatic heterocycles. The molecule has 0 amide bonds. The fourth-order valence-corrected chi connectivity index (χ4v) is 3.17. The molecule has 0 unspecified atom stereocenters. The number of ether oxygens (including phenoxy) is 1. The van der Waals surface area contributed by atoms with Gasteiger partial charge in [-0.25, -0.2) is 0 Å². The number of rotatable bonds is 4. The van der Waals surface area contributed by atoms with Gasteiger partial charge in [-0.2, -0.15) is 0 Å². The maximum Gasteiger partial charge on any atom is 0.0774 e. The van der Waals surface area contributed by atoms with E-state index in [1.165, 1.54) is 21.1 Å². The summed E-state index contributed by atoms with van der Waals surface area (Å²) in [6.45, 7) is 1.76. The van der Waals surface area contributed by atoms with E-state index in [9.17, 15) is 0 Å². The first kappa shape index (κ1) is 15.0. The first-order valence-corrected chi connectivity index (χ1v) is 8.55. The monoisotopic (exact) mass is 393 g/mol. The standard InChI is InChI=1S/C18H20INO/c19-16-10-8-14(9-11-16)13-21-17-7-4-12-20-18(17)15-5-2-1-3-6-15/h1-3,5-6,8-11,17-18,20H,4,7,12-13H2/t17-,18-/m0/s1. The molecule has 2 aromatic rings. The molecular formula is C18H20INO. The Morgan fingerprint density at radius 2 is 1.81 bits per heavy atom. The Morgan fingerprint density at radius 3 is 2.57 bits per heavy atom. The molecule has 1 N–H and O–H groups in total. The van der Waals surface area contributed by atoms with Crippen molar-refractivity contribution < 1.29 is 4.74 Å². The highest BCUT2D eigenvalue weighted by Crippen LogP contribution is 2.26.